The van der Waals surface area contributed by atoms with Gasteiger partial charge in [0.1, 0.15) is 0 Å². The van der Waals surface area contributed by atoms with Crippen LogP contribution in [0.15, 0.2) is 24.3 Å². The second kappa shape index (κ2) is 5.92. The molecule has 1 aliphatic carbocycles. The molecule has 1 aliphatic heterocycles. The second-order valence-corrected chi connectivity index (χ2v) is 6.82. The van der Waals surface area contributed by atoms with Gasteiger partial charge >= 0.3 is 0 Å². The topological polar surface area (TPSA) is 49.5 Å². The number of nitrogens with two attached hydrogens (primary N) is 1. The quantitative estimate of drug-likeness (QED) is 0.897. The summed E-state index contributed by atoms with van der Waals surface area (Å²) in [4.78, 5) is 2.33. The first-order valence-corrected chi connectivity index (χ1v) is 7.94. The van der Waals surface area contributed by atoms with E-state index in [1.54, 1.807) is 0 Å². The van der Waals surface area contributed by atoms with E-state index in [0.717, 1.165) is 31.0 Å². The number of hydrogen-bond acceptors (Lipinski definition) is 3. The van der Waals surface area contributed by atoms with Crippen LogP contribution in [-0.2, 0) is 0 Å². The number of benzene rings is 1. The van der Waals surface area contributed by atoms with Crippen LogP contribution in [0.5, 0.6) is 0 Å². The summed E-state index contributed by atoms with van der Waals surface area (Å²) in [6.07, 6.45) is 4.18. The zero-order valence-corrected chi connectivity index (χ0v) is 12.5. The Balaban J connectivity index is 1.64. The maximum Gasteiger partial charge on any atom is 0.0571 e. The maximum absolute atomic E-state index is 10.1. The molecule has 3 unspecified atom stereocenters. The molecule has 1 aromatic rings. The van der Waals surface area contributed by atoms with E-state index in [4.69, 9.17) is 17.3 Å². The third kappa shape index (κ3) is 3.46. The molecular weight excluding hydrogens is 272 g/mol. The van der Waals surface area contributed by atoms with Gasteiger partial charge in [0.15, 0.2) is 0 Å². The fourth-order valence-corrected chi connectivity index (χ4v) is 3.42. The summed E-state index contributed by atoms with van der Waals surface area (Å²) in [5, 5.41) is 10.9. The van der Waals surface area contributed by atoms with E-state index in [-0.39, 0.29) is 12.1 Å². The molecule has 2 fully saturated rings. The molecule has 2 aliphatic rings. The van der Waals surface area contributed by atoms with Crippen molar-refractivity contribution in [2.24, 2.45) is 17.6 Å². The van der Waals surface area contributed by atoms with Crippen LogP contribution in [0.25, 0.3) is 0 Å². The number of hydrogen-bond donors (Lipinski definition) is 2. The van der Waals surface area contributed by atoms with E-state index in [1.165, 1.54) is 18.5 Å². The Morgan fingerprint density at radius 2 is 1.95 bits per heavy atom. The van der Waals surface area contributed by atoms with E-state index in [9.17, 15) is 5.11 Å². The van der Waals surface area contributed by atoms with Crippen molar-refractivity contribution in [3.05, 3.63) is 29.3 Å². The van der Waals surface area contributed by atoms with Gasteiger partial charge < -0.3 is 15.7 Å². The molecule has 20 heavy (non-hydrogen) atoms. The van der Waals surface area contributed by atoms with Gasteiger partial charge in [-0.2, -0.15) is 0 Å². The summed E-state index contributed by atoms with van der Waals surface area (Å²) in [6.45, 7) is 1.87. The zero-order chi connectivity index (χ0) is 14.1. The average molecular weight is 295 g/mol. The summed E-state index contributed by atoms with van der Waals surface area (Å²) in [6, 6.07) is 8.13. The molecule has 3 rings (SSSR count). The summed E-state index contributed by atoms with van der Waals surface area (Å²) in [7, 11) is 0. The highest BCUT2D eigenvalue weighted by atomic mass is 35.5. The first-order valence-electron chi connectivity index (χ1n) is 7.56. The lowest BCUT2D eigenvalue weighted by Gasteiger charge is -2.38. The van der Waals surface area contributed by atoms with Crippen molar-refractivity contribution < 1.29 is 5.11 Å². The van der Waals surface area contributed by atoms with Gasteiger partial charge in [-0.25, -0.2) is 0 Å². The van der Waals surface area contributed by atoms with Crippen LogP contribution in [0, 0.1) is 11.8 Å². The largest absolute Gasteiger partial charge is 0.393 e. The molecule has 0 aromatic heterocycles. The molecule has 3 atom stereocenters. The number of aliphatic hydroxyl groups is 1. The fraction of sp³-hybridized carbons (Fsp3) is 0.625. The van der Waals surface area contributed by atoms with Crippen LogP contribution in [0.1, 0.15) is 25.7 Å². The van der Waals surface area contributed by atoms with Crippen molar-refractivity contribution in [1.82, 2.24) is 0 Å². The van der Waals surface area contributed by atoms with Gasteiger partial charge in [-0.15, -0.1) is 0 Å². The molecule has 0 bridgehead atoms. The summed E-state index contributed by atoms with van der Waals surface area (Å²) < 4.78 is 0. The monoisotopic (exact) mass is 294 g/mol. The molecule has 0 radical (unpaired) electrons. The molecular formula is C16H23ClN2O. The van der Waals surface area contributed by atoms with Crippen LogP contribution in [0.4, 0.5) is 5.69 Å². The molecule has 3 N–H and O–H groups in total. The second-order valence-electron chi connectivity index (χ2n) is 6.38. The minimum Gasteiger partial charge on any atom is -0.393 e. The molecule has 0 amide bonds. The first kappa shape index (κ1) is 14.2. The fourth-order valence-electron chi connectivity index (χ4n) is 3.29. The number of anilines is 1. The van der Waals surface area contributed by atoms with Crippen molar-refractivity contribution in [3.8, 4) is 0 Å². The van der Waals surface area contributed by atoms with Crippen LogP contribution in [0.2, 0.25) is 5.02 Å². The van der Waals surface area contributed by atoms with Gasteiger partial charge in [-0.05, 0) is 61.8 Å². The van der Waals surface area contributed by atoms with E-state index >= 15 is 0 Å². The standard InChI is InChI=1S/C16H23ClN2O/c17-13-3-5-15(6-4-13)19-9-11(7-14(18)10-19)8-16(20)12-1-2-12/h3-6,11-12,14,16,20H,1-2,7-10,18H2. The van der Waals surface area contributed by atoms with Gasteiger partial charge in [0.25, 0.3) is 0 Å². The minimum absolute atomic E-state index is 0.127. The van der Waals surface area contributed by atoms with E-state index in [2.05, 4.69) is 17.0 Å². The Hall–Kier alpha value is -0.770. The summed E-state index contributed by atoms with van der Waals surface area (Å²) in [5.41, 5.74) is 7.38. The lowest BCUT2D eigenvalue weighted by atomic mass is 9.88. The van der Waals surface area contributed by atoms with Crippen LogP contribution >= 0.6 is 11.6 Å². The molecule has 4 heteroatoms. The highest BCUT2D eigenvalue weighted by molar-refractivity contribution is 6.30. The van der Waals surface area contributed by atoms with E-state index in [0.29, 0.717) is 11.8 Å². The molecule has 1 saturated heterocycles. The smallest absolute Gasteiger partial charge is 0.0571 e. The Bertz CT molecular complexity index is 446. The molecule has 110 valence electrons. The first-order chi connectivity index (χ1) is 9.61. The number of nitrogens with zero attached hydrogens (tertiary/aromatic N) is 1. The SMILES string of the molecule is NC1CC(CC(O)C2CC2)CN(c2ccc(Cl)cc2)C1. The van der Waals surface area contributed by atoms with Crippen molar-refractivity contribution in [2.75, 3.05) is 18.0 Å². The molecule has 1 aromatic carbocycles. The Kier molecular flexibility index (Phi) is 4.20. The van der Waals surface area contributed by atoms with Crippen molar-refractivity contribution >= 4 is 17.3 Å². The van der Waals surface area contributed by atoms with Crippen LogP contribution in [-0.4, -0.2) is 30.3 Å². The predicted octanol–water partition coefficient (Wildman–Crippen LogP) is 2.65. The van der Waals surface area contributed by atoms with Crippen molar-refractivity contribution in [2.45, 2.75) is 37.8 Å². The van der Waals surface area contributed by atoms with Crippen LogP contribution < -0.4 is 10.6 Å². The van der Waals surface area contributed by atoms with Crippen molar-refractivity contribution in [3.63, 3.8) is 0 Å². The summed E-state index contributed by atoms with van der Waals surface area (Å²) >= 11 is 5.94. The highest BCUT2D eigenvalue weighted by Gasteiger charge is 2.34. The lowest BCUT2D eigenvalue weighted by molar-refractivity contribution is 0.114. The Morgan fingerprint density at radius 3 is 2.60 bits per heavy atom. The average Bonchev–Trinajstić information content (AvgIpc) is 3.23. The molecule has 0 spiro atoms. The Morgan fingerprint density at radius 1 is 1.25 bits per heavy atom. The zero-order valence-electron chi connectivity index (χ0n) is 11.7. The van der Waals surface area contributed by atoms with Gasteiger partial charge in [0, 0.05) is 29.8 Å². The third-order valence-electron chi connectivity index (χ3n) is 4.50. The molecule has 1 heterocycles. The third-order valence-corrected chi connectivity index (χ3v) is 4.75. The normalized spacial score (nSPS) is 28.4. The van der Waals surface area contributed by atoms with Gasteiger partial charge in [-0.1, -0.05) is 11.6 Å². The molecule has 3 nitrogen and oxygen atoms in total. The van der Waals surface area contributed by atoms with Crippen molar-refractivity contribution in [1.29, 1.82) is 0 Å². The number of halogens is 1. The highest BCUT2D eigenvalue weighted by Crippen LogP contribution is 2.36. The van der Waals surface area contributed by atoms with E-state index in [1.807, 2.05) is 12.1 Å². The van der Waals surface area contributed by atoms with Gasteiger partial charge in [0.05, 0.1) is 6.10 Å². The lowest BCUT2D eigenvalue weighted by Crippen LogP contribution is -2.47. The Labute approximate surface area is 125 Å². The number of rotatable bonds is 4. The summed E-state index contributed by atoms with van der Waals surface area (Å²) in [5.74, 6) is 1.04. The minimum atomic E-state index is -0.127. The van der Waals surface area contributed by atoms with Gasteiger partial charge in [-0.3, -0.25) is 0 Å². The van der Waals surface area contributed by atoms with E-state index < -0.39 is 0 Å². The molecule has 1 saturated carbocycles. The van der Waals surface area contributed by atoms with Gasteiger partial charge in [0.2, 0.25) is 0 Å². The number of aliphatic hydroxyl groups excluding tert-OH is 1. The maximum atomic E-state index is 10.1. The van der Waals surface area contributed by atoms with Crippen LogP contribution in [0.3, 0.4) is 0 Å². The number of piperidine rings is 1. The predicted molar refractivity (Wildman–Crippen MR) is 83.1 cm³/mol.